The number of aryl methyl sites for hydroxylation is 1. The van der Waals surface area contributed by atoms with Crippen LogP contribution in [0.15, 0.2) is 30.3 Å². The Balaban J connectivity index is 1.94. The van der Waals surface area contributed by atoms with E-state index in [4.69, 9.17) is 0 Å². The monoisotopic (exact) mass is 274 g/mol. The fourth-order valence-electron chi connectivity index (χ4n) is 3.64. The third-order valence-electron chi connectivity index (χ3n) is 4.94. The van der Waals surface area contributed by atoms with Gasteiger partial charge in [-0.2, -0.15) is 0 Å². The van der Waals surface area contributed by atoms with E-state index in [1.165, 1.54) is 12.0 Å². The molecule has 2 atom stereocenters. The molecule has 2 nitrogen and oxygen atoms in total. The average Bonchev–Trinajstić information content (AvgIpc) is 2.48. The first-order chi connectivity index (χ1) is 9.66. The lowest BCUT2D eigenvalue weighted by molar-refractivity contribution is -0.153. The molecule has 1 saturated carbocycles. The lowest BCUT2D eigenvalue weighted by Gasteiger charge is -2.37. The van der Waals surface area contributed by atoms with Crippen LogP contribution in [0.25, 0.3) is 0 Å². The number of aliphatic carboxylic acids is 1. The van der Waals surface area contributed by atoms with Gasteiger partial charge in [0, 0.05) is 0 Å². The van der Waals surface area contributed by atoms with E-state index in [-0.39, 0.29) is 0 Å². The molecule has 0 aliphatic heterocycles. The smallest absolute Gasteiger partial charge is 0.309 e. The number of carboxylic acids is 1. The normalized spacial score (nSPS) is 26.4. The predicted molar refractivity (Wildman–Crippen MR) is 81.7 cm³/mol. The van der Waals surface area contributed by atoms with E-state index in [0.717, 1.165) is 44.9 Å². The third kappa shape index (κ3) is 3.62. The minimum Gasteiger partial charge on any atom is -0.481 e. The minimum absolute atomic E-state index is 0.451. The van der Waals surface area contributed by atoms with Crippen molar-refractivity contribution in [3.8, 4) is 0 Å². The molecule has 0 spiro atoms. The van der Waals surface area contributed by atoms with E-state index in [0.29, 0.717) is 5.92 Å². The van der Waals surface area contributed by atoms with Crippen LogP contribution in [0, 0.1) is 11.3 Å². The zero-order chi connectivity index (χ0) is 14.4. The maximum absolute atomic E-state index is 11.8. The first-order valence-corrected chi connectivity index (χ1v) is 7.93. The summed E-state index contributed by atoms with van der Waals surface area (Å²) in [4.78, 5) is 11.8. The second-order valence-corrected chi connectivity index (χ2v) is 6.30. The summed E-state index contributed by atoms with van der Waals surface area (Å²) in [7, 11) is 0. The number of carbonyl (C=O) groups is 1. The van der Waals surface area contributed by atoms with Crippen LogP contribution in [0.4, 0.5) is 0 Å². The number of hydrogen-bond donors (Lipinski definition) is 1. The van der Waals surface area contributed by atoms with Gasteiger partial charge in [0.2, 0.25) is 0 Å². The van der Waals surface area contributed by atoms with Crippen molar-refractivity contribution in [3.05, 3.63) is 35.9 Å². The molecule has 0 heterocycles. The first kappa shape index (κ1) is 15.1. The van der Waals surface area contributed by atoms with Crippen LogP contribution in [0.3, 0.4) is 0 Å². The van der Waals surface area contributed by atoms with Gasteiger partial charge in [0.1, 0.15) is 0 Å². The van der Waals surface area contributed by atoms with E-state index in [1.807, 2.05) is 6.07 Å². The number of benzene rings is 1. The predicted octanol–water partition coefficient (Wildman–Crippen LogP) is 4.68. The summed E-state index contributed by atoms with van der Waals surface area (Å²) in [5, 5.41) is 9.70. The highest BCUT2D eigenvalue weighted by molar-refractivity contribution is 5.74. The summed E-state index contributed by atoms with van der Waals surface area (Å²) in [6, 6.07) is 10.4. The summed E-state index contributed by atoms with van der Waals surface area (Å²) in [5.74, 6) is 0.0419. The molecule has 2 heteroatoms. The van der Waals surface area contributed by atoms with Gasteiger partial charge in [-0.15, -0.1) is 0 Å². The van der Waals surface area contributed by atoms with E-state index in [2.05, 4.69) is 31.2 Å². The van der Waals surface area contributed by atoms with Gasteiger partial charge in [0.05, 0.1) is 5.41 Å². The summed E-state index contributed by atoms with van der Waals surface area (Å²) in [6.07, 6.45) is 7.96. The van der Waals surface area contributed by atoms with Crippen molar-refractivity contribution in [1.82, 2.24) is 0 Å². The van der Waals surface area contributed by atoms with Crippen LogP contribution >= 0.6 is 0 Å². The number of carboxylic acid groups (broad SMARTS) is 1. The highest BCUT2D eigenvalue weighted by Crippen LogP contribution is 2.44. The van der Waals surface area contributed by atoms with E-state index in [9.17, 15) is 9.90 Å². The van der Waals surface area contributed by atoms with Crippen LogP contribution in [-0.2, 0) is 11.2 Å². The lowest BCUT2D eigenvalue weighted by Crippen LogP contribution is -2.36. The third-order valence-corrected chi connectivity index (χ3v) is 4.94. The molecule has 2 unspecified atom stereocenters. The van der Waals surface area contributed by atoms with Crippen molar-refractivity contribution in [1.29, 1.82) is 0 Å². The molecule has 1 aromatic carbocycles. The molecule has 1 N–H and O–H groups in total. The Morgan fingerprint density at radius 1 is 1.35 bits per heavy atom. The Bertz CT molecular complexity index is 426. The Hall–Kier alpha value is -1.31. The molecule has 2 rings (SSSR count). The Morgan fingerprint density at radius 2 is 2.10 bits per heavy atom. The Labute approximate surface area is 122 Å². The van der Waals surface area contributed by atoms with Crippen LogP contribution in [0.2, 0.25) is 0 Å². The van der Waals surface area contributed by atoms with E-state index in [1.54, 1.807) is 0 Å². The summed E-state index contributed by atoms with van der Waals surface area (Å²) in [6.45, 7) is 2.19. The van der Waals surface area contributed by atoms with Gasteiger partial charge >= 0.3 is 5.97 Å². The molecule has 0 aromatic heterocycles. The van der Waals surface area contributed by atoms with Gasteiger partial charge in [-0.05, 0) is 43.6 Å². The van der Waals surface area contributed by atoms with Crippen molar-refractivity contribution in [2.45, 2.75) is 58.3 Å². The largest absolute Gasteiger partial charge is 0.481 e. The first-order valence-electron chi connectivity index (χ1n) is 7.93. The maximum Gasteiger partial charge on any atom is 0.309 e. The molecule has 1 aliphatic rings. The second kappa shape index (κ2) is 6.92. The summed E-state index contributed by atoms with van der Waals surface area (Å²) >= 11 is 0. The number of rotatable bonds is 6. The van der Waals surface area contributed by atoms with Gasteiger partial charge in [-0.1, -0.05) is 56.5 Å². The molecule has 1 aliphatic carbocycles. The lowest BCUT2D eigenvalue weighted by atomic mass is 9.66. The quantitative estimate of drug-likeness (QED) is 0.817. The SMILES string of the molecule is CCC1CCCC(CCCc2ccccc2)(C(=O)O)C1. The van der Waals surface area contributed by atoms with Gasteiger partial charge in [0.15, 0.2) is 0 Å². The zero-order valence-corrected chi connectivity index (χ0v) is 12.5. The second-order valence-electron chi connectivity index (χ2n) is 6.30. The minimum atomic E-state index is -0.566. The molecule has 1 fully saturated rings. The Morgan fingerprint density at radius 3 is 2.75 bits per heavy atom. The van der Waals surface area contributed by atoms with Gasteiger partial charge in [-0.25, -0.2) is 0 Å². The standard InChI is InChI=1S/C18H26O2/c1-2-15-10-6-12-18(14-15,17(19)20)13-7-11-16-8-4-3-5-9-16/h3-5,8-9,15H,2,6-7,10-14H2,1H3,(H,19,20). The molecule has 1 aromatic rings. The van der Waals surface area contributed by atoms with Crippen molar-refractivity contribution in [2.75, 3.05) is 0 Å². The topological polar surface area (TPSA) is 37.3 Å². The van der Waals surface area contributed by atoms with E-state index >= 15 is 0 Å². The molecule has 0 amide bonds. The molecule has 0 radical (unpaired) electrons. The van der Waals surface area contributed by atoms with Crippen LogP contribution < -0.4 is 0 Å². The Kier molecular flexibility index (Phi) is 5.22. The summed E-state index contributed by atoms with van der Waals surface area (Å²) in [5.41, 5.74) is 0.865. The number of hydrogen-bond acceptors (Lipinski definition) is 1. The molecular weight excluding hydrogens is 248 g/mol. The highest BCUT2D eigenvalue weighted by atomic mass is 16.4. The van der Waals surface area contributed by atoms with Crippen molar-refractivity contribution in [3.63, 3.8) is 0 Å². The van der Waals surface area contributed by atoms with Gasteiger partial charge in [-0.3, -0.25) is 4.79 Å². The van der Waals surface area contributed by atoms with Gasteiger partial charge < -0.3 is 5.11 Å². The fraction of sp³-hybridized carbons (Fsp3) is 0.611. The molecule has 0 saturated heterocycles. The van der Waals surface area contributed by atoms with Crippen LogP contribution in [0.5, 0.6) is 0 Å². The van der Waals surface area contributed by atoms with Crippen LogP contribution in [-0.4, -0.2) is 11.1 Å². The average molecular weight is 274 g/mol. The highest BCUT2D eigenvalue weighted by Gasteiger charge is 2.41. The van der Waals surface area contributed by atoms with E-state index < -0.39 is 11.4 Å². The molecular formula is C18H26O2. The fourth-order valence-corrected chi connectivity index (χ4v) is 3.64. The maximum atomic E-state index is 11.8. The van der Waals surface area contributed by atoms with Crippen LogP contribution in [0.1, 0.15) is 57.4 Å². The van der Waals surface area contributed by atoms with Crippen molar-refractivity contribution >= 4 is 5.97 Å². The van der Waals surface area contributed by atoms with Gasteiger partial charge in [0.25, 0.3) is 0 Å². The molecule has 0 bridgehead atoms. The zero-order valence-electron chi connectivity index (χ0n) is 12.5. The van der Waals surface area contributed by atoms with Crippen molar-refractivity contribution < 1.29 is 9.90 Å². The molecule has 20 heavy (non-hydrogen) atoms. The molecule has 110 valence electrons. The summed E-state index contributed by atoms with van der Waals surface area (Å²) < 4.78 is 0. The van der Waals surface area contributed by atoms with Crippen molar-refractivity contribution in [2.24, 2.45) is 11.3 Å².